The highest BCUT2D eigenvalue weighted by Crippen LogP contribution is 2.35. The molecule has 182 valence electrons. The number of aliphatic imine (C=N–C) groups is 1. The van der Waals surface area contributed by atoms with E-state index in [0.717, 1.165) is 43.5 Å². The van der Waals surface area contributed by atoms with Crippen molar-refractivity contribution in [2.45, 2.75) is 25.0 Å². The van der Waals surface area contributed by atoms with Gasteiger partial charge in [0.25, 0.3) is 0 Å². The minimum absolute atomic E-state index is 0. The number of aromatic nitrogens is 2. The number of guanidine groups is 1. The van der Waals surface area contributed by atoms with Crippen LogP contribution < -0.4 is 10.1 Å². The number of methoxy groups -OCH3 is 1. The van der Waals surface area contributed by atoms with Crippen molar-refractivity contribution in [3.05, 3.63) is 47.8 Å². The second-order valence-electron chi connectivity index (χ2n) is 8.78. The van der Waals surface area contributed by atoms with Gasteiger partial charge in [-0.25, -0.2) is 0 Å². The highest BCUT2D eigenvalue weighted by Gasteiger charge is 2.31. The topological polar surface area (TPSA) is 67.2 Å². The van der Waals surface area contributed by atoms with Crippen molar-refractivity contribution in [3.8, 4) is 5.75 Å². The summed E-state index contributed by atoms with van der Waals surface area (Å²) in [5, 5.41) is 7.97. The molecule has 3 atom stereocenters. The van der Waals surface area contributed by atoms with E-state index in [0.29, 0.717) is 18.6 Å². The molecular formula is C24H37IN6O2. The number of halogens is 1. The van der Waals surface area contributed by atoms with Crippen molar-refractivity contribution in [2.75, 3.05) is 54.0 Å². The summed E-state index contributed by atoms with van der Waals surface area (Å²) in [7, 11) is 7.75. The van der Waals surface area contributed by atoms with Crippen molar-refractivity contribution in [1.82, 2.24) is 24.9 Å². The maximum absolute atomic E-state index is 6.01. The fourth-order valence-corrected chi connectivity index (χ4v) is 5.01. The largest absolute Gasteiger partial charge is 0.497 e. The number of hydrogen-bond acceptors (Lipinski definition) is 5. The van der Waals surface area contributed by atoms with Crippen LogP contribution in [0.4, 0.5) is 0 Å². The van der Waals surface area contributed by atoms with Gasteiger partial charge in [0.05, 0.1) is 26.5 Å². The van der Waals surface area contributed by atoms with Gasteiger partial charge in [0.1, 0.15) is 11.9 Å². The van der Waals surface area contributed by atoms with Gasteiger partial charge in [-0.15, -0.1) is 24.0 Å². The summed E-state index contributed by atoms with van der Waals surface area (Å²) in [6, 6.07) is 8.91. The lowest BCUT2D eigenvalue weighted by atomic mass is 9.85. The number of ether oxygens (including phenoxy) is 2. The standard InChI is InChI=1S/C24H36N6O2.HI/c1-25-24(30-12-13-32-22(17-30)20-15-27-29(3)16-20)26-14-19-6-5-11-28(2)23(19)18-7-9-21(31-4)10-8-18;/h7-10,15-16,19,22-23H,5-6,11-14,17H2,1-4H3,(H,25,26);1H. The molecule has 9 heteroatoms. The molecule has 1 aromatic heterocycles. The van der Waals surface area contributed by atoms with E-state index in [4.69, 9.17) is 9.47 Å². The highest BCUT2D eigenvalue weighted by atomic mass is 127. The number of benzene rings is 1. The van der Waals surface area contributed by atoms with Crippen molar-refractivity contribution in [2.24, 2.45) is 18.0 Å². The molecule has 0 aliphatic carbocycles. The maximum Gasteiger partial charge on any atom is 0.193 e. The molecule has 0 radical (unpaired) electrons. The van der Waals surface area contributed by atoms with Gasteiger partial charge in [0.15, 0.2) is 5.96 Å². The SMILES string of the molecule is CN=C(NCC1CCCN(C)C1c1ccc(OC)cc1)N1CCOC(c2cnn(C)c2)C1.I. The molecule has 0 saturated carbocycles. The Hall–Kier alpha value is -1.85. The van der Waals surface area contributed by atoms with Crippen LogP contribution in [0.2, 0.25) is 0 Å². The number of likely N-dealkylation sites (tertiary alicyclic amines) is 1. The molecule has 2 aliphatic heterocycles. The summed E-state index contributed by atoms with van der Waals surface area (Å²) < 4.78 is 13.2. The maximum atomic E-state index is 6.01. The Labute approximate surface area is 214 Å². The number of aryl methyl sites for hydroxylation is 1. The van der Waals surface area contributed by atoms with E-state index in [2.05, 4.69) is 56.5 Å². The number of piperidine rings is 1. The lowest BCUT2D eigenvalue weighted by molar-refractivity contribution is -0.00822. The molecule has 8 nitrogen and oxygen atoms in total. The van der Waals surface area contributed by atoms with Gasteiger partial charge in [-0.1, -0.05) is 12.1 Å². The molecule has 1 N–H and O–H groups in total. The summed E-state index contributed by atoms with van der Waals surface area (Å²) in [4.78, 5) is 9.38. The molecule has 2 fully saturated rings. The first-order valence-corrected chi connectivity index (χ1v) is 11.5. The normalized spacial score (nSPS) is 24.3. The summed E-state index contributed by atoms with van der Waals surface area (Å²) in [6.07, 6.45) is 6.36. The van der Waals surface area contributed by atoms with E-state index in [9.17, 15) is 0 Å². The van der Waals surface area contributed by atoms with E-state index in [-0.39, 0.29) is 30.1 Å². The number of hydrogen-bond donors (Lipinski definition) is 1. The number of nitrogens with zero attached hydrogens (tertiary/aromatic N) is 5. The molecule has 0 spiro atoms. The lowest BCUT2D eigenvalue weighted by Crippen LogP contribution is -2.50. The quantitative estimate of drug-likeness (QED) is 0.340. The van der Waals surface area contributed by atoms with Gasteiger partial charge in [-0.2, -0.15) is 5.10 Å². The van der Waals surface area contributed by atoms with E-state index >= 15 is 0 Å². The number of nitrogens with one attached hydrogen (secondary N) is 1. The summed E-state index contributed by atoms with van der Waals surface area (Å²) in [5.74, 6) is 2.36. The summed E-state index contributed by atoms with van der Waals surface area (Å²) in [5.41, 5.74) is 2.46. The molecule has 0 amide bonds. The molecule has 33 heavy (non-hydrogen) atoms. The van der Waals surface area contributed by atoms with Gasteiger partial charge < -0.3 is 19.7 Å². The second-order valence-corrected chi connectivity index (χ2v) is 8.78. The third-order valence-corrected chi connectivity index (χ3v) is 6.66. The molecule has 1 aromatic carbocycles. The molecule has 3 heterocycles. The second kappa shape index (κ2) is 12.0. The third kappa shape index (κ3) is 6.19. The van der Waals surface area contributed by atoms with Gasteiger partial charge in [-0.3, -0.25) is 14.6 Å². The van der Waals surface area contributed by atoms with Gasteiger partial charge in [-0.05, 0) is 50.0 Å². The van der Waals surface area contributed by atoms with Crippen LogP contribution in [0.15, 0.2) is 41.7 Å². The van der Waals surface area contributed by atoms with E-state index in [1.807, 2.05) is 31.2 Å². The zero-order valence-corrected chi connectivity index (χ0v) is 22.4. The van der Waals surface area contributed by atoms with Crippen molar-refractivity contribution < 1.29 is 9.47 Å². The van der Waals surface area contributed by atoms with Crippen molar-refractivity contribution in [3.63, 3.8) is 0 Å². The average Bonchev–Trinajstić information content (AvgIpc) is 3.26. The van der Waals surface area contributed by atoms with Gasteiger partial charge >= 0.3 is 0 Å². The Morgan fingerprint density at radius 3 is 2.67 bits per heavy atom. The number of rotatable bonds is 5. The molecule has 2 aromatic rings. The summed E-state index contributed by atoms with van der Waals surface area (Å²) >= 11 is 0. The van der Waals surface area contributed by atoms with Crippen LogP contribution in [0.5, 0.6) is 5.75 Å². The Kier molecular flexibility index (Phi) is 9.39. The van der Waals surface area contributed by atoms with Gasteiger partial charge in [0, 0.05) is 45.0 Å². The van der Waals surface area contributed by atoms with Crippen LogP contribution in [-0.2, 0) is 11.8 Å². The van der Waals surface area contributed by atoms with Crippen LogP contribution in [0.3, 0.4) is 0 Å². The molecule has 3 unspecified atom stereocenters. The van der Waals surface area contributed by atoms with Crippen LogP contribution in [0.25, 0.3) is 0 Å². The zero-order valence-electron chi connectivity index (χ0n) is 20.1. The predicted octanol–water partition coefficient (Wildman–Crippen LogP) is 3.08. The smallest absolute Gasteiger partial charge is 0.193 e. The van der Waals surface area contributed by atoms with Gasteiger partial charge in [0.2, 0.25) is 0 Å². The number of morpholine rings is 1. The monoisotopic (exact) mass is 568 g/mol. The Balaban J connectivity index is 0.00000306. The van der Waals surface area contributed by atoms with Crippen LogP contribution in [0, 0.1) is 5.92 Å². The van der Waals surface area contributed by atoms with E-state index in [1.165, 1.54) is 18.4 Å². The average molecular weight is 569 g/mol. The Morgan fingerprint density at radius 1 is 1.21 bits per heavy atom. The zero-order chi connectivity index (χ0) is 22.5. The first kappa shape index (κ1) is 25.8. The first-order valence-electron chi connectivity index (χ1n) is 11.5. The van der Waals surface area contributed by atoms with Crippen molar-refractivity contribution >= 4 is 29.9 Å². The molecule has 2 saturated heterocycles. The minimum Gasteiger partial charge on any atom is -0.497 e. The summed E-state index contributed by atoms with van der Waals surface area (Å²) in [6.45, 7) is 4.31. The molecule has 2 aliphatic rings. The molecule has 0 bridgehead atoms. The molecular weight excluding hydrogens is 531 g/mol. The van der Waals surface area contributed by atoms with Crippen LogP contribution >= 0.6 is 24.0 Å². The fourth-order valence-electron chi connectivity index (χ4n) is 5.01. The van der Waals surface area contributed by atoms with E-state index in [1.54, 1.807) is 7.11 Å². The fraction of sp³-hybridized carbons (Fsp3) is 0.583. The Morgan fingerprint density at radius 2 is 2.00 bits per heavy atom. The van der Waals surface area contributed by atoms with Crippen LogP contribution in [-0.4, -0.2) is 79.5 Å². The third-order valence-electron chi connectivity index (χ3n) is 6.66. The highest BCUT2D eigenvalue weighted by molar-refractivity contribution is 14.0. The minimum atomic E-state index is 0. The van der Waals surface area contributed by atoms with Crippen LogP contribution in [0.1, 0.15) is 36.1 Å². The van der Waals surface area contributed by atoms with E-state index < -0.39 is 0 Å². The lowest BCUT2D eigenvalue weighted by Gasteiger charge is -2.41. The van der Waals surface area contributed by atoms with Crippen molar-refractivity contribution in [1.29, 1.82) is 0 Å². The first-order chi connectivity index (χ1) is 15.6. The molecule has 4 rings (SSSR count). The predicted molar refractivity (Wildman–Crippen MR) is 141 cm³/mol. The Bertz CT molecular complexity index is 903.